The van der Waals surface area contributed by atoms with Crippen LogP contribution in [0.3, 0.4) is 0 Å². The van der Waals surface area contributed by atoms with E-state index in [2.05, 4.69) is 10.6 Å². The van der Waals surface area contributed by atoms with Gasteiger partial charge in [0.1, 0.15) is 5.84 Å². The van der Waals surface area contributed by atoms with Crippen LogP contribution in [0.25, 0.3) is 0 Å². The van der Waals surface area contributed by atoms with Crippen molar-refractivity contribution in [3.05, 3.63) is 35.4 Å². The van der Waals surface area contributed by atoms with Crippen molar-refractivity contribution in [2.75, 3.05) is 6.54 Å². The second kappa shape index (κ2) is 14.7. The predicted molar refractivity (Wildman–Crippen MR) is 151 cm³/mol. The molecule has 0 unspecified atom stereocenters. The summed E-state index contributed by atoms with van der Waals surface area (Å²) in [7, 11) is 0. The van der Waals surface area contributed by atoms with Gasteiger partial charge in [-0.25, -0.2) is 4.79 Å². The number of rotatable bonds is 13. The molecule has 2 amide bonds. The fourth-order valence-corrected chi connectivity index (χ4v) is 7.34. The Labute approximate surface area is 248 Å². The van der Waals surface area contributed by atoms with E-state index in [9.17, 15) is 32.7 Å². The van der Waals surface area contributed by atoms with Crippen molar-refractivity contribution in [3.63, 3.8) is 0 Å². The van der Waals surface area contributed by atoms with Crippen LogP contribution in [-0.2, 0) is 25.6 Å². The summed E-state index contributed by atoms with van der Waals surface area (Å²) in [6.07, 6.45) is 5.47. The number of benzene rings is 1. The number of nitrogens with two attached hydrogens (primary N) is 1. The zero-order valence-electron chi connectivity index (χ0n) is 24.0. The van der Waals surface area contributed by atoms with Gasteiger partial charge in [0.2, 0.25) is 11.8 Å². The summed E-state index contributed by atoms with van der Waals surface area (Å²) in [4.78, 5) is 45.2. The molecule has 4 saturated carbocycles. The Bertz CT molecular complexity index is 1140. The number of halogens is 3. The minimum atomic E-state index is -5.08. The van der Waals surface area contributed by atoms with E-state index in [1.165, 1.54) is 38.5 Å². The highest BCUT2D eigenvalue weighted by atomic mass is 19.4. The largest absolute Gasteiger partial charge is 0.490 e. The van der Waals surface area contributed by atoms with E-state index in [1.54, 1.807) is 24.3 Å². The topological polar surface area (TPSA) is 183 Å². The molecule has 5 rings (SSSR count). The molecular formula is C30H41F3N4O6. The molecule has 10 nitrogen and oxygen atoms in total. The summed E-state index contributed by atoms with van der Waals surface area (Å²) >= 11 is 0. The van der Waals surface area contributed by atoms with Crippen molar-refractivity contribution in [1.82, 2.24) is 10.6 Å². The lowest BCUT2D eigenvalue weighted by atomic mass is 9.48. The van der Waals surface area contributed by atoms with Gasteiger partial charge < -0.3 is 26.6 Å². The number of aliphatic carboxylic acids is 2. The second-order valence-electron chi connectivity index (χ2n) is 12.4. The van der Waals surface area contributed by atoms with Crippen LogP contribution in [0.15, 0.2) is 24.3 Å². The summed E-state index contributed by atoms with van der Waals surface area (Å²) in [6.45, 7) is 0.420. The molecule has 4 bridgehead atoms. The monoisotopic (exact) mass is 610 g/mol. The van der Waals surface area contributed by atoms with Gasteiger partial charge in [-0.3, -0.25) is 19.8 Å². The predicted octanol–water partition coefficient (Wildman–Crippen LogP) is 4.00. The highest BCUT2D eigenvalue weighted by Gasteiger charge is 2.50. The number of amidine groups is 1. The molecule has 1 aromatic carbocycles. The number of nitrogens with one attached hydrogen (secondary N) is 3. The lowest BCUT2D eigenvalue weighted by Gasteiger charge is -2.57. The van der Waals surface area contributed by atoms with E-state index in [0.717, 1.165) is 29.7 Å². The fraction of sp³-hybridized carbons (Fsp3) is 0.633. The molecule has 0 aliphatic heterocycles. The Morgan fingerprint density at radius 2 is 1.51 bits per heavy atom. The second-order valence-corrected chi connectivity index (χ2v) is 12.4. The normalized spacial score (nSPS) is 24.3. The maximum atomic E-state index is 12.7. The van der Waals surface area contributed by atoms with E-state index in [4.69, 9.17) is 21.0 Å². The number of nitrogen functional groups attached to an aromatic ring is 1. The van der Waals surface area contributed by atoms with E-state index >= 15 is 0 Å². The third-order valence-electron chi connectivity index (χ3n) is 8.76. The third kappa shape index (κ3) is 10.9. The molecule has 238 valence electrons. The molecule has 0 radical (unpaired) electrons. The van der Waals surface area contributed by atoms with Gasteiger partial charge in [-0.1, -0.05) is 24.3 Å². The van der Waals surface area contributed by atoms with Gasteiger partial charge in [-0.15, -0.1) is 0 Å². The van der Waals surface area contributed by atoms with E-state index in [1.807, 2.05) is 0 Å². The van der Waals surface area contributed by atoms with Crippen molar-refractivity contribution in [2.24, 2.45) is 28.9 Å². The van der Waals surface area contributed by atoms with Crippen LogP contribution < -0.4 is 16.4 Å². The van der Waals surface area contributed by atoms with Crippen LogP contribution in [0.1, 0.15) is 81.8 Å². The standard InChI is InChI=1S/C28H40N4O4.C2HF3O2/c29-27(30)22-5-3-18(4-6-22)13-25(34)31-9-1-2-23(14-26(35)36)32-24(33)7-8-28-15-19-10-20(16-28)12-21(11-19)17-28;3-2(4,5)1(6)7/h3-6,19-21,23H,1-2,7-17H2,(H3,29,30)(H,31,34)(H,32,33)(H,35,36);(H,6,7)/t19?,20?,21?,23-,28?;/m0./s1. The zero-order valence-corrected chi connectivity index (χ0v) is 24.0. The first-order valence-electron chi connectivity index (χ1n) is 14.7. The van der Waals surface area contributed by atoms with Crippen LogP contribution in [0.5, 0.6) is 0 Å². The van der Waals surface area contributed by atoms with Gasteiger partial charge in [-0.2, -0.15) is 13.2 Å². The van der Waals surface area contributed by atoms with Crippen molar-refractivity contribution in [3.8, 4) is 0 Å². The Hall–Kier alpha value is -3.64. The van der Waals surface area contributed by atoms with E-state index in [-0.39, 0.29) is 30.5 Å². The Morgan fingerprint density at radius 3 is 1.98 bits per heavy atom. The minimum Gasteiger partial charge on any atom is -0.481 e. The molecule has 0 spiro atoms. The quantitative estimate of drug-likeness (QED) is 0.111. The Balaban J connectivity index is 0.000000646. The number of alkyl halides is 3. The van der Waals surface area contributed by atoms with Crippen LogP contribution in [0, 0.1) is 28.6 Å². The lowest BCUT2D eigenvalue weighted by Crippen LogP contribution is -2.46. The van der Waals surface area contributed by atoms with Crippen LogP contribution in [0.4, 0.5) is 13.2 Å². The molecule has 0 saturated heterocycles. The molecule has 4 aliphatic carbocycles. The van der Waals surface area contributed by atoms with E-state index in [0.29, 0.717) is 36.8 Å². The molecule has 4 aliphatic rings. The fourth-order valence-electron chi connectivity index (χ4n) is 7.34. The van der Waals surface area contributed by atoms with Crippen LogP contribution in [-0.4, -0.2) is 58.6 Å². The molecular weight excluding hydrogens is 569 g/mol. The highest BCUT2D eigenvalue weighted by Crippen LogP contribution is 2.61. The van der Waals surface area contributed by atoms with Crippen molar-refractivity contribution in [1.29, 1.82) is 5.41 Å². The number of carboxylic acids is 2. The maximum Gasteiger partial charge on any atom is 0.490 e. The molecule has 1 aromatic rings. The smallest absolute Gasteiger partial charge is 0.481 e. The number of amides is 2. The molecule has 0 heterocycles. The molecule has 13 heteroatoms. The zero-order chi connectivity index (χ0) is 31.8. The van der Waals surface area contributed by atoms with Crippen molar-refractivity contribution in [2.45, 2.75) is 89.3 Å². The van der Waals surface area contributed by atoms with Gasteiger partial charge in [0.15, 0.2) is 0 Å². The van der Waals surface area contributed by atoms with Gasteiger partial charge >= 0.3 is 18.1 Å². The van der Waals surface area contributed by atoms with Gasteiger partial charge in [-0.05, 0) is 86.5 Å². The first-order valence-corrected chi connectivity index (χ1v) is 14.7. The van der Waals surface area contributed by atoms with Gasteiger partial charge in [0.25, 0.3) is 0 Å². The van der Waals surface area contributed by atoms with Gasteiger partial charge in [0.05, 0.1) is 12.8 Å². The number of hydrogen-bond donors (Lipinski definition) is 6. The molecule has 1 atom stereocenters. The molecule has 4 fully saturated rings. The molecule has 7 N–H and O–H groups in total. The number of carboxylic acid groups (broad SMARTS) is 2. The SMILES string of the molecule is N=C(N)c1ccc(CC(=O)NCCC[C@@H](CC(=O)O)NC(=O)CCC23CC4CC(CC(C4)C2)C3)cc1.O=C(O)C(F)(F)F. The average molecular weight is 611 g/mol. The van der Waals surface area contributed by atoms with Crippen LogP contribution in [0.2, 0.25) is 0 Å². The Kier molecular flexibility index (Phi) is 11.6. The third-order valence-corrected chi connectivity index (χ3v) is 8.76. The summed E-state index contributed by atoms with van der Waals surface area (Å²) in [6, 6.07) is 6.55. The maximum absolute atomic E-state index is 12.7. The first-order chi connectivity index (χ1) is 20.1. The van der Waals surface area contributed by atoms with Crippen molar-refractivity contribution >= 4 is 29.6 Å². The van der Waals surface area contributed by atoms with Crippen LogP contribution >= 0.6 is 0 Å². The van der Waals surface area contributed by atoms with Crippen molar-refractivity contribution < 1.29 is 42.6 Å². The highest BCUT2D eigenvalue weighted by molar-refractivity contribution is 5.95. The van der Waals surface area contributed by atoms with E-state index < -0.39 is 24.2 Å². The Morgan fingerprint density at radius 1 is 0.977 bits per heavy atom. The average Bonchev–Trinajstić information content (AvgIpc) is 2.89. The lowest BCUT2D eigenvalue weighted by molar-refractivity contribution is -0.192. The summed E-state index contributed by atoms with van der Waals surface area (Å²) in [5, 5.41) is 29.7. The summed E-state index contributed by atoms with van der Waals surface area (Å²) in [5.74, 6) is -1.30. The summed E-state index contributed by atoms with van der Waals surface area (Å²) in [5.41, 5.74) is 7.23. The first kappa shape index (κ1) is 33.9. The molecule has 43 heavy (non-hydrogen) atoms. The molecule has 0 aromatic heterocycles. The number of carbonyl (C=O) groups excluding carboxylic acids is 2. The number of carbonyl (C=O) groups is 4. The van der Waals surface area contributed by atoms with Gasteiger partial charge in [0, 0.05) is 24.6 Å². The summed E-state index contributed by atoms with van der Waals surface area (Å²) < 4.78 is 31.7. The minimum absolute atomic E-state index is 0.0123. The number of hydrogen-bond acceptors (Lipinski definition) is 5.